The van der Waals surface area contributed by atoms with Crippen LogP contribution in [0, 0.1) is 11.3 Å². The molecule has 0 aromatic heterocycles. The summed E-state index contributed by atoms with van der Waals surface area (Å²) in [5, 5.41) is 13.7. The Morgan fingerprint density at radius 2 is 1.93 bits per heavy atom. The zero-order valence-electron chi connectivity index (χ0n) is 15.1. The Bertz CT molecular complexity index is 1110. The van der Waals surface area contributed by atoms with Crippen LogP contribution in [-0.4, -0.2) is 12.1 Å². The highest BCUT2D eigenvalue weighted by molar-refractivity contribution is 9.10. The molecule has 5 nitrogen and oxygen atoms in total. The Morgan fingerprint density at radius 1 is 1.17 bits per heavy atom. The molecule has 0 bridgehead atoms. The molecule has 3 aromatic rings. The first-order valence-electron chi connectivity index (χ1n) is 8.57. The van der Waals surface area contributed by atoms with Crippen molar-refractivity contribution in [1.82, 2.24) is 5.43 Å². The number of nitrogens with one attached hydrogen (secondary N) is 1. The lowest BCUT2D eigenvalue weighted by Gasteiger charge is -2.10. The van der Waals surface area contributed by atoms with Crippen molar-refractivity contribution in [2.75, 3.05) is 0 Å². The Hall–Kier alpha value is -3.14. The summed E-state index contributed by atoms with van der Waals surface area (Å²) in [5.41, 5.74) is 4.88. The van der Waals surface area contributed by atoms with Crippen molar-refractivity contribution >= 4 is 39.7 Å². The molecular weight excluding hydrogens is 454 g/mol. The Kier molecular flexibility index (Phi) is 7.01. The van der Waals surface area contributed by atoms with E-state index >= 15 is 0 Å². The van der Waals surface area contributed by atoms with Crippen LogP contribution in [-0.2, 0) is 6.61 Å². The van der Waals surface area contributed by atoms with Crippen LogP contribution in [0.1, 0.15) is 27.0 Å². The minimum atomic E-state index is -0.346. The molecule has 0 aliphatic rings. The predicted molar refractivity (Wildman–Crippen MR) is 116 cm³/mol. The first-order chi connectivity index (χ1) is 14.1. The van der Waals surface area contributed by atoms with Gasteiger partial charge in [-0.1, -0.05) is 41.9 Å². The number of hydrogen-bond donors (Lipinski definition) is 1. The quantitative estimate of drug-likeness (QED) is 0.393. The maximum absolute atomic E-state index is 12.2. The first kappa shape index (κ1) is 20.6. The van der Waals surface area contributed by atoms with Gasteiger partial charge in [-0.3, -0.25) is 4.79 Å². The third-order valence-corrected chi connectivity index (χ3v) is 4.91. The van der Waals surface area contributed by atoms with E-state index in [1.165, 1.54) is 6.21 Å². The van der Waals surface area contributed by atoms with E-state index in [4.69, 9.17) is 16.3 Å². The van der Waals surface area contributed by atoms with Crippen LogP contribution in [0.25, 0.3) is 0 Å². The van der Waals surface area contributed by atoms with E-state index in [2.05, 4.69) is 32.5 Å². The second-order valence-electron chi connectivity index (χ2n) is 5.92. The molecule has 1 amide bonds. The fraction of sp³-hybridized carbons (Fsp3) is 0.0455. The number of carbonyl (C=O) groups is 1. The van der Waals surface area contributed by atoms with Gasteiger partial charge in [0, 0.05) is 20.6 Å². The molecule has 0 spiro atoms. The number of hydrogen-bond acceptors (Lipinski definition) is 4. The average molecular weight is 469 g/mol. The summed E-state index contributed by atoms with van der Waals surface area (Å²) in [5.74, 6) is 0.183. The van der Waals surface area contributed by atoms with Gasteiger partial charge in [-0.2, -0.15) is 10.4 Å². The number of amides is 1. The minimum Gasteiger partial charge on any atom is -0.488 e. The van der Waals surface area contributed by atoms with Crippen molar-refractivity contribution in [1.29, 1.82) is 5.26 Å². The second-order valence-corrected chi connectivity index (χ2v) is 7.21. The van der Waals surface area contributed by atoms with E-state index < -0.39 is 0 Å². The predicted octanol–water partition coefficient (Wildman–Crippen LogP) is 5.32. The number of carbonyl (C=O) groups excluding carboxylic acids is 1. The van der Waals surface area contributed by atoms with Crippen LogP contribution in [0.2, 0.25) is 5.02 Å². The fourth-order valence-electron chi connectivity index (χ4n) is 2.53. The number of benzene rings is 3. The minimum absolute atomic E-state index is 0.218. The highest BCUT2D eigenvalue weighted by Gasteiger charge is 2.09. The van der Waals surface area contributed by atoms with Crippen molar-refractivity contribution in [3.63, 3.8) is 0 Å². The Morgan fingerprint density at radius 3 is 2.72 bits per heavy atom. The summed E-state index contributed by atoms with van der Waals surface area (Å²) in [6.07, 6.45) is 1.46. The highest BCUT2D eigenvalue weighted by atomic mass is 79.9. The summed E-state index contributed by atoms with van der Waals surface area (Å²) in [6, 6.07) is 21.5. The van der Waals surface area contributed by atoms with Gasteiger partial charge >= 0.3 is 0 Å². The van der Waals surface area contributed by atoms with Crippen molar-refractivity contribution in [2.45, 2.75) is 6.61 Å². The molecule has 0 aliphatic heterocycles. The molecule has 0 unspecified atom stereocenters. The van der Waals surface area contributed by atoms with Crippen LogP contribution in [0.5, 0.6) is 5.75 Å². The standard InChI is InChI=1S/C22H15BrClN3O2/c23-20-8-4-3-7-19(20)22(28)27-26-13-17-11-18(24)9-10-21(17)29-14-16-6-2-1-5-15(16)12-25/h1-11,13H,14H2,(H,27,28)/b26-13+. The van der Waals surface area contributed by atoms with E-state index in [1.807, 2.05) is 18.2 Å². The van der Waals surface area contributed by atoms with E-state index in [0.717, 1.165) is 5.56 Å². The number of halogens is 2. The number of nitriles is 1. The lowest BCUT2D eigenvalue weighted by molar-refractivity contribution is 0.0954. The molecule has 0 atom stereocenters. The molecular formula is C22H15BrClN3O2. The molecule has 0 saturated heterocycles. The molecule has 0 radical (unpaired) electrons. The molecule has 0 aliphatic carbocycles. The molecule has 0 fully saturated rings. The van der Waals surface area contributed by atoms with Gasteiger partial charge in [-0.05, 0) is 52.3 Å². The summed E-state index contributed by atoms with van der Waals surface area (Å²) >= 11 is 9.42. The van der Waals surface area contributed by atoms with Crippen molar-refractivity contribution in [3.05, 3.63) is 98.5 Å². The van der Waals surface area contributed by atoms with Crippen LogP contribution in [0.3, 0.4) is 0 Å². The molecule has 144 valence electrons. The van der Waals surface area contributed by atoms with E-state index in [0.29, 0.717) is 31.9 Å². The largest absolute Gasteiger partial charge is 0.488 e. The van der Waals surface area contributed by atoms with Gasteiger partial charge in [-0.25, -0.2) is 5.43 Å². The van der Waals surface area contributed by atoms with Gasteiger partial charge in [0.25, 0.3) is 5.91 Å². The van der Waals surface area contributed by atoms with E-state index in [1.54, 1.807) is 48.5 Å². The number of hydrazone groups is 1. The van der Waals surface area contributed by atoms with Gasteiger partial charge in [0.05, 0.1) is 23.4 Å². The Labute approximate surface area is 181 Å². The number of rotatable bonds is 6. The van der Waals surface area contributed by atoms with Crippen LogP contribution >= 0.6 is 27.5 Å². The van der Waals surface area contributed by atoms with Crippen LogP contribution in [0.15, 0.2) is 76.3 Å². The molecule has 29 heavy (non-hydrogen) atoms. The van der Waals surface area contributed by atoms with Gasteiger partial charge in [0.1, 0.15) is 12.4 Å². The molecule has 0 heterocycles. The number of nitrogens with zero attached hydrogens (tertiary/aromatic N) is 2. The summed E-state index contributed by atoms with van der Waals surface area (Å²) in [4.78, 5) is 12.2. The van der Waals surface area contributed by atoms with Crippen molar-refractivity contribution in [3.8, 4) is 11.8 Å². The molecule has 7 heteroatoms. The Balaban J connectivity index is 1.73. The fourth-order valence-corrected chi connectivity index (χ4v) is 3.17. The third-order valence-electron chi connectivity index (χ3n) is 3.98. The summed E-state index contributed by atoms with van der Waals surface area (Å²) in [7, 11) is 0. The van der Waals surface area contributed by atoms with Crippen molar-refractivity contribution < 1.29 is 9.53 Å². The van der Waals surface area contributed by atoms with Crippen molar-refractivity contribution in [2.24, 2.45) is 5.10 Å². The lowest BCUT2D eigenvalue weighted by atomic mass is 10.1. The first-order valence-corrected chi connectivity index (χ1v) is 9.74. The molecule has 0 saturated carbocycles. The van der Waals surface area contributed by atoms with Gasteiger partial charge in [-0.15, -0.1) is 0 Å². The molecule has 1 N–H and O–H groups in total. The van der Waals surface area contributed by atoms with E-state index in [-0.39, 0.29) is 12.5 Å². The maximum atomic E-state index is 12.2. The third kappa shape index (κ3) is 5.44. The average Bonchev–Trinajstić information content (AvgIpc) is 2.73. The normalized spacial score (nSPS) is 10.5. The summed E-state index contributed by atoms with van der Waals surface area (Å²) in [6.45, 7) is 0.218. The van der Waals surface area contributed by atoms with Crippen LogP contribution < -0.4 is 10.2 Å². The molecule has 3 rings (SSSR count). The lowest BCUT2D eigenvalue weighted by Crippen LogP contribution is -2.18. The SMILES string of the molecule is N#Cc1ccccc1COc1ccc(Cl)cc1/C=N/NC(=O)c1ccccc1Br. The van der Waals surface area contributed by atoms with Gasteiger partial charge in [0.15, 0.2) is 0 Å². The van der Waals surface area contributed by atoms with E-state index in [9.17, 15) is 10.1 Å². The highest BCUT2D eigenvalue weighted by Crippen LogP contribution is 2.23. The van der Waals surface area contributed by atoms with Gasteiger partial charge < -0.3 is 4.74 Å². The second kappa shape index (κ2) is 9.87. The zero-order chi connectivity index (χ0) is 20.6. The monoisotopic (exact) mass is 467 g/mol. The maximum Gasteiger partial charge on any atom is 0.272 e. The zero-order valence-corrected chi connectivity index (χ0v) is 17.4. The molecule has 3 aromatic carbocycles. The number of ether oxygens (including phenoxy) is 1. The van der Waals surface area contributed by atoms with Crippen LogP contribution in [0.4, 0.5) is 0 Å². The smallest absolute Gasteiger partial charge is 0.272 e. The summed E-state index contributed by atoms with van der Waals surface area (Å²) < 4.78 is 6.54. The topological polar surface area (TPSA) is 74.5 Å². The van der Waals surface area contributed by atoms with Gasteiger partial charge in [0.2, 0.25) is 0 Å².